The van der Waals surface area contributed by atoms with Gasteiger partial charge < -0.3 is 4.42 Å². The standard InChI is InChI=1S/C55H32O/c1-2-14-35-32(13-1)29-48-39-18-4-3-17-38(39)47-30-33(25-27-45(47)53(35)48)51-41-20-8-10-22-43(41)52(44-23-11-9-21-42(44)51)34-26-28-50-49(31-34)54-40-19-7-5-15-36(40)37-16-6-12-24-46(37)55(54)56-50/h1-31,53H. The number of rotatable bonds is 2. The van der Waals surface area contributed by atoms with Crippen LogP contribution in [0.5, 0.6) is 0 Å². The fourth-order valence-corrected chi connectivity index (χ4v) is 10.4. The van der Waals surface area contributed by atoms with Gasteiger partial charge in [-0.25, -0.2) is 0 Å². The molecule has 0 amide bonds. The van der Waals surface area contributed by atoms with Gasteiger partial charge in [-0.2, -0.15) is 0 Å². The molecule has 0 radical (unpaired) electrons. The van der Waals surface area contributed by atoms with Crippen LogP contribution in [0, 0.1) is 0 Å². The van der Waals surface area contributed by atoms with E-state index in [0.29, 0.717) is 0 Å². The van der Waals surface area contributed by atoms with Crippen LogP contribution in [0.25, 0.3) is 110 Å². The Morgan fingerprint density at radius 1 is 0.357 bits per heavy atom. The van der Waals surface area contributed by atoms with Gasteiger partial charge in [0.1, 0.15) is 11.2 Å². The minimum Gasteiger partial charge on any atom is -0.455 e. The molecule has 13 rings (SSSR count). The Morgan fingerprint density at radius 2 is 0.893 bits per heavy atom. The predicted octanol–water partition coefficient (Wildman–Crippen LogP) is 15.2. The molecule has 1 atom stereocenters. The molecule has 2 aliphatic rings. The smallest absolute Gasteiger partial charge is 0.143 e. The molecular weight excluding hydrogens is 677 g/mol. The molecule has 0 saturated heterocycles. The highest BCUT2D eigenvalue weighted by Gasteiger charge is 2.35. The monoisotopic (exact) mass is 708 g/mol. The van der Waals surface area contributed by atoms with Gasteiger partial charge in [0.2, 0.25) is 0 Å². The third-order valence-electron chi connectivity index (χ3n) is 12.7. The second-order valence-electron chi connectivity index (χ2n) is 15.5. The molecule has 11 aromatic rings. The van der Waals surface area contributed by atoms with E-state index in [9.17, 15) is 0 Å². The molecule has 1 nitrogen and oxygen atoms in total. The summed E-state index contributed by atoms with van der Waals surface area (Å²) < 4.78 is 6.73. The van der Waals surface area contributed by atoms with E-state index < -0.39 is 0 Å². The summed E-state index contributed by atoms with van der Waals surface area (Å²) in [6.07, 6.45) is 2.41. The maximum Gasteiger partial charge on any atom is 0.143 e. The van der Waals surface area contributed by atoms with Crippen molar-refractivity contribution in [1.82, 2.24) is 0 Å². The Balaban J connectivity index is 1.07. The zero-order valence-electron chi connectivity index (χ0n) is 30.4. The number of fused-ring (bicyclic) bond motifs is 18. The van der Waals surface area contributed by atoms with Crippen LogP contribution in [0.2, 0.25) is 0 Å². The van der Waals surface area contributed by atoms with Crippen molar-refractivity contribution in [3.63, 3.8) is 0 Å². The van der Waals surface area contributed by atoms with Crippen molar-refractivity contribution >= 4 is 76.7 Å². The van der Waals surface area contributed by atoms with Crippen LogP contribution in [0.3, 0.4) is 0 Å². The van der Waals surface area contributed by atoms with Crippen molar-refractivity contribution in [3.05, 3.63) is 204 Å². The van der Waals surface area contributed by atoms with Gasteiger partial charge in [0, 0.05) is 22.1 Å². The maximum absolute atomic E-state index is 6.73. The SMILES string of the molecule is C1=C2c3ccccc3-c3cc(-c4c5ccccc5c(-c5ccc6oc7c8ccccc8c8ccccc8c7c6c5)c5ccccc45)ccc3C2c2ccccc21. The van der Waals surface area contributed by atoms with Crippen LogP contribution in [-0.2, 0) is 0 Å². The van der Waals surface area contributed by atoms with Gasteiger partial charge in [-0.05, 0) is 123 Å². The van der Waals surface area contributed by atoms with Crippen molar-refractivity contribution in [2.75, 3.05) is 0 Å². The van der Waals surface area contributed by atoms with Crippen LogP contribution in [0.4, 0.5) is 0 Å². The minimum atomic E-state index is 0.241. The third kappa shape index (κ3) is 3.99. The molecule has 1 aromatic heterocycles. The molecule has 0 saturated carbocycles. The highest BCUT2D eigenvalue weighted by molar-refractivity contribution is 6.31. The minimum absolute atomic E-state index is 0.241. The van der Waals surface area contributed by atoms with E-state index >= 15 is 0 Å². The zero-order valence-corrected chi connectivity index (χ0v) is 30.4. The average Bonchev–Trinajstić information content (AvgIpc) is 3.85. The van der Waals surface area contributed by atoms with Crippen molar-refractivity contribution in [1.29, 1.82) is 0 Å². The van der Waals surface area contributed by atoms with Crippen molar-refractivity contribution in [3.8, 4) is 33.4 Å². The molecule has 0 N–H and O–H groups in total. The van der Waals surface area contributed by atoms with Gasteiger partial charge in [0.05, 0.1) is 0 Å². The molecule has 258 valence electrons. The summed E-state index contributed by atoms with van der Waals surface area (Å²) in [4.78, 5) is 0. The summed E-state index contributed by atoms with van der Waals surface area (Å²) >= 11 is 0. The van der Waals surface area contributed by atoms with E-state index in [4.69, 9.17) is 4.42 Å². The molecule has 1 heteroatoms. The average molecular weight is 709 g/mol. The van der Waals surface area contributed by atoms with Gasteiger partial charge >= 0.3 is 0 Å². The summed E-state index contributed by atoms with van der Waals surface area (Å²) in [6.45, 7) is 0. The first kappa shape index (κ1) is 30.1. The molecular formula is C55H32O. The largest absolute Gasteiger partial charge is 0.455 e. The predicted molar refractivity (Wildman–Crippen MR) is 236 cm³/mol. The van der Waals surface area contributed by atoms with Gasteiger partial charge in [0.15, 0.2) is 0 Å². The molecule has 1 unspecified atom stereocenters. The van der Waals surface area contributed by atoms with E-state index in [1.807, 2.05) is 0 Å². The first-order valence-electron chi connectivity index (χ1n) is 19.5. The molecule has 2 aliphatic carbocycles. The fourth-order valence-electron chi connectivity index (χ4n) is 10.4. The van der Waals surface area contributed by atoms with E-state index in [1.165, 1.54) is 104 Å². The van der Waals surface area contributed by atoms with E-state index in [0.717, 1.165) is 21.9 Å². The second-order valence-corrected chi connectivity index (χ2v) is 15.5. The van der Waals surface area contributed by atoms with Crippen molar-refractivity contribution < 1.29 is 4.42 Å². The molecule has 10 aromatic carbocycles. The molecule has 0 spiro atoms. The highest BCUT2D eigenvalue weighted by Crippen LogP contribution is 2.55. The summed E-state index contributed by atoms with van der Waals surface area (Å²) in [5.41, 5.74) is 16.3. The lowest BCUT2D eigenvalue weighted by Crippen LogP contribution is -2.09. The molecule has 0 aliphatic heterocycles. The first-order valence-corrected chi connectivity index (χ1v) is 19.5. The van der Waals surface area contributed by atoms with E-state index in [-0.39, 0.29) is 5.92 Å². The Morgan fingerprint density at radius 3 is 1.61 bits per heavy atom. The van der Waals surface area contributed by atoms with Gasteiger partial charge in [-0.15, -0.1) is 0 Å². The molecule has 56 heavy (non-hydrogen) atoms. The summed E-state index contributed by atoms with van der Waals surface area (Å²) in [7, 11) is 0. The van der Waals surface area contributed by atoms with Gasteiger partial charge in [-0.3, -0.25) is 0 Å². The molecule has 0 bridgehead atoms. The van der Waals surface area contributed by atoms with Crippen molar-refractivity contribution in [2.24, 2.45) is 0 Å². The van der Waals surface area contributed by atoms with E-state index in [1.54, 1.807) is 0 Å². The number of hydrogen-bond donors (Lipinski definition) is 0. The van der Waals surface area contributed by atoms with E-state index in [2.05, 4.69) is 188 Å². The second kappa shape index (κ2) is 11.2. The first-order chi connectivity index (χ1) is 27.8. The summed E-state index contributed by atoms with van der Waals surface area (Å²) in [5.74, 6) is 0.241. The van der Waals surface area contributed by atoms with Crippen LogP contribution < -0.4 is 0 Å². The Kier molecular flexibility index (Phi) is 6.01. The van der Waals surface area contributed by atoms with Crippen LogP contribution >= 0.6 is 0 Å². The number of hydrogen-bond acceptors (Lipinski definition) is 1. The fraction of sp³-hybridized carbons (Fsp3) is 0.0182. The van der Waals surface area contributed by atoms with Crippen LogP contribution in [-0.4, -0.2) is 0 Å². The lowest BCUT2D eigenvalue weighted by Gasteiger charge is -2.29. The van der Waals surface area contributed by atoms with Gasteiger partial charge in [0.25, 0.3) is 0 Å². The summed E-state index contributed by atoms with van der Waals surface area (Å²) in [6, 6.07) is 67.3. The number of benzene rings is 10. The lowest BCUT2D eigenvalue weighted by atomic mass is 9.74. The Hall–Kier alpha value is -7.22. The molecule has 1 heterocycles. The lowest BCUT2D eigenvalue weighted by molar-refractivity contribution is 0.673. The third-order valence-corrected chi connectivity index (χ3v) is 12.7. The number of furan rings is 1. The molecule has 0 fully saturated rings. The summed E-state index contributed by atoms with van der Waals surface area (Å²) in [5, 5.41) is 12.2. The Bertz CT molecular complexity index is 3480. The Labute approximate surface area is 323 Å². The maximum atomic E-state index is 6.73. The number of allylic oxidation sites excluding steroid dienone is 1. The van der Waals surface area contributed by atoms with Crippen molar-refractivity contribution in [2.45, 2.75) is 5.92 Å². The zero-order chi connectivity index (χ0) is 36.5. The van der Waals surface area contributed by atoms with Gasteiger partial charge in [-0.1, -0.05) is 164 Å². The normalized spacial score (nSPS) is 14.4. The van der Waals surface area contributed by atoms with Crippen LogP contribution in [0.15, 0.2) is 186 Å². The highest BCUT2D eigenvalue weighted by atomic mass is 16.3. The quantitative estimate of drug-likeness (QED) is 0.129. The van der Waals surface area contributed by atoms with Crippen LogP contribution in [0.1, 0.15) is 28.2 Å². The topological polar surface area (TPSA) is 13.1 Å².